The summed E-state index contributed by atoms with van der Waals surface area (Å²) in [5.74, 6) is -8.94. The number of amidine groups is 1. The highest BCUT2D eigenvalue weighted by Gasteiger charge is 2.62. The quantitative estimate of drug-likeness (QED) is 0.114. The lowest BCUT2D eigenvalue weighted by molar-refractivity contribution is -0.295. The fourth-order valence-electron chi connectivity index (χ4n) is 9.10. The maximum absolute atomic E-state index is 14.8. The molecule has 15 atom stereocenters. The number of carbonyl (C=O) groups excluding carboxylic acids is 4. The van der Waals surface area contributed by atoms with Crippen molar-refractivity contribution >= 4 is 40.7 Å². The molecule has 18 nitrogen and oxygen atoms in total. The van der Waals surface area contributed by atoms with Gasteiger partial charge in [-0.3, -0.25) is 29.1 Å². The molecular formula is C41H61N7O11S. The summed E-state index contributed by atoms with van der Waals surface area (Å²) in [6, 6.07) is -0.311. The molecule has 19 heteroatoms. The standard InChI is InChI=1S/C41H61N7O11S/c1-13-27-41(9)29(28(38(53)58-41)34(42)47-59-24(7)35-45-46-36(60-35)25-18-43-14-15-44-25)21(4)30(49)19(2)17-40(8,54-12)33(22(5)31(50)23(6)37(52)56-27)57-39-32(51)26(48(10)11)16-20(3)55-39/h14-15,18-24,26-29,32-33,39,51H,13,16-17H2,1-12H3,(H2,42,47)/t19-,20-,21-,22+,23-,24-,26+,27+,28-,29+,32-,33-,39?,40-,41-/m1/s1. The molecule has 5 heterocycles. The molecule has 332 valence electrons. The van der Waals surface area contributed by atoms with E-state index in [1.54, 1.807) is 67.1 Å². The number of aliphatic hydroxyl groups excluding tert-OH is 1. The van der Waals surface area contributed by atoms with Gasteiger partial charge in [-0.15, -0.1) is 10.2 Å². The lowest BCUT2D eigenvalue weighted by Gasteiger charge is -2.47. The van der Waals surface area contributed by atoms with Crippen molar-refractivity contribution in [3.8, 4) is 10.7 Å². The van der Waals surface area contributed by atoms with Gasteiger partial charge in [0.25, 0.3) is 0 Å². The van der Waals surface area contributed by atoms with Crippen molar-refractivity contribution in [2.45, 2.75) is 136 Å². The Kier molecular flexibility index (Phi) is 14.9. The number of rotatable bonds is 10. The Morgan fingerprint density at radius 2 is 1.77 bits per heavy atom. The van der Waals surface area contributed by atoms with Gasteiger partial charge < -0.3 is 44.3 Å². The summed E-state index contributed by atoms with van der Waals surface area (Å²) < 4.78 is 31.1. The highest BCUT2D eigenvalue weighted by Crippen LogP contribution is 2.48. The first-order chi connectivity index (χ1) is 28.2. The van der Waals surface area contributed by atoms with Crippen LogP contribution in [0.5, 0.6) is 0 Å². The number of ether oxygens (including phenoxy) is 5. The van der Waals surface area contributed by atoms with E-state index in [9.17, 15) is 24.3 Å². The fraction of sp³-hybridized carbons (Fsp3) is 0.732. The van der Waals surface area contributed by atoms with Crippen molar-refractivity contribution in [2.75, 3.05) is 21.2 Å². The Hall–Kier alpha value is -4.01. The molecule has 0 amide bonds. The zero-order valence-electron chi connectivity index (χ0n) is 36.6. The van der Waals surface area contributed by atoms with E-state index in [0.29, 0.717) is 22.1 Å². The van der Waals surface area contributed by atoms with E-state index in [-0.39, 0.29) is 36.6 Å². The van der Waals surface area contributed by atoms with Gasteiger partial charge in [0.15, 0.2) is 39.6 Å². The molecule has 3 aliphatic rings. The van der Waals surface area contributed by atoms with Crippen LogP contribution in [0.4, 0.5) is 0 Å². The predicted octanol–water partition coefficient (Wildman–Crippen LogP) is 3.52. The van der Waals surface area contributed by atoms with Crippen molar-refractivity contribution in [1.29, 1.82) is 0 Å². The summed E-state index contributed by atoms with van der Waals surface area (Å²) >= 11 is 1.22. The van der Waals surface area contributed by atoms with Crippen LogP contribution >= 0.6 is 11.3 Å². The number of oxime groups is 1. The minimum Gasteiger partial charge on any atom is -0.458 e. The Labute approximate surface area is 355 Å². The van der Waals surface area contributed by atoms with E-state index >= 15 is 0 Å². The normalized spacial score (nSPS) is 37.9. The second-order valence-electron chi connectivity index (χ2n) is 17.1. The van der Waals surface area contributed by atoms with Gasteiger partial charge in [0, 0.05) is 49.2 Å². The molecule has 0 radical (unpaired) electrons. The van der Waals surface area contributed by atoms with Gasteiger partial charge >= 0.3 is 11.9 Å². The van der Waals surface area contributed by atoms with E-state index in [2.05, 4.69) is 25.3 Å². The van der Waals surface area contributed by atoms with E-state index in [4.69, 9.17) is 34.3 Å². The minimum absolute atomic E-state index is 0.0476. The zero-order valence-corrected chi connectivity index (χ0v) is 37.4. The number of nitrogens with two attached hydrogens (primary N) is 1. The van der Waals surface area contributed by atoms with Gasteiger partial charge in [0.2, 0.25) is 0 Å². The van der Waals surface area contributed by atoms with E-state index in [0.717, 1.165) is 0 Å². The maximum Gasteiger partial charge on any atom is 0.317 e. The van der Waals surface area contributed by atoms with Crippen LogP contribution in [0.2, 0.25) is 0 Å². The van der Waals surface area contributed by atoms with Crippen molar-refractivity contribution in [3.63, 3.8) is 0 Å². The van der Waals surface area contributed by atoms with Crippen LogP contribution in [0.1, 0.15) is 92.7 Å². The number of likely N-dealkylation sites (N-methyl/N-ethyl adjacent to an activating group) is 1. The van der Waals surface area contributed by atoms with Crippen molar-refractivity contribution in [2.24, 2.45) is 46.4 Å². The van der Waals surface area contributed by atoms with Crippen LogP contribution in [-0.2, 0) is 47.7 Å². The average molecular weight is 860 g/mol. The molecule has 2 aromatic heterocycles. The molecule has 3 N–H and O–H groups in total. The fourth-order valence-corrected chi connectivity index (χ4v) is 9.88. The molecule has 0 aliphatic carbocycles. The molecule has 3 saturated heterocycles. The SMILES string of the molecule is CC[C@@H]1OC(=O)[C@H](C)C(=O)[C@H](C)[C@@H](OC2O[C@H](C)C[C@H](N(C)C)[C@H]2O)[C@](C)(OC)C[C@@H](C)C(=O)[C@H](C)[C@H]2[C@H](/C(N)=N/O[C@H](C)c3nnc(-c4cnccn4)s3)C(=O)O[C@@]21C. The number of aromatic nitrogens is 4. The topological polar surface area (TPSA) is 237 Å². The van der Waals surface area contributed by atoms with Crippen LogP contribution < -0.4 is 5.73 Å². The number of Topliss-reactive ketones (excluding diaryl/α,β-unsaturated/α-hetero) is 2. The molecule has 0 aromatic carbocycles. The molecule has 0 saturated carbocycles. The smallest absolute Gasteiger partial charge is 0.317 e. The third-order valence-electron chi connectivity index (χ3n) is 12.6. The monoisotopic (exact) mass is 859 g/mol. The number of nitrogens with zero attached hydrogens (tertiary/aromatic N) is 6. The summed E-state index contributed by atoms with van der Waals surface area (Å²) in [5.41, 5.74) is 4.20. The van der Waals surface area contributed by atoms with E-state index in [1.165, 1.54) is 25.4 Å². The molecule has 0 bridgehead atoms. The number of fused-ring (bicyclic) bond motifs is 1. The molecule has 60 heavy (non-hydrogen) atoms. The highest BCUT2D eigenvalue weighted by atomic mass is 32.1. The molecule has 3 fully saturated rings. The van der Waals surface area contributed by atoms with Crippen molar-refractivity contribution in [3.05, 3.63) is 23.6 Å². The number of aliphatic hydroxyl groups is 1. The van der Waals surface area contributed by atoms with Crippen LogP contribution in [0.3, 0.4) is 0 Å². The first-order valence-corrected chi connectivity index (χ1v) is 21.3. The number of hydrogen-bond donors (Lipinski definition) is 2. The molecule has 0 spiro atoms. The lowest BCUT2D eigenvalue weighted by Crippen LogP contribution is -2.59. The lowest BCUT2D eigenvalue weighted by atomic mass is 9.67. The Bertz CT molecular complexity index is 1880. The van der Waals surface area contributed by atoms with Crippen molar-refractivity contribution < 1.29 is 52.8 Å². The number of carbonyl (C=O) groups is 4. The van der Waals surface area contributed by atoms with Crippen LogP contribution in [0, 0.1) is 35.5 Å². The number of esters is 2. The average Bonchev–Trinajstić information content (AvgIpc) is 3.83. The summed E-state index contributed by atoms with van der Waals surface area (Å²) in [6.07, 6.45) is -0.0796. The Balaban J connectivity index is 1.51. The minimum atomic E-state index is -1.58. The van der Waals surface area contributed by atoms with Gasteiger partial charge in [0.1, 0.15) is 35.5 Å². The number of ketones is 2. The first kappa shape index (κ1) is 47.0. The first-order valence-electron chi connectivity index (χ1n) is 20.5. The van der Waals surface area contributed by atoms with E-state index in [1.807, 2.05) is 25.9 Å². The molecule has 2 aromatic rings. The molecule has 1 unspecified atom stereocenters. The van der Waals surface area contributed by atoms with Gasteiger partial charge in [0.05, 0.1) is 24.0 Å². The largest absolute Gasteiger partial charge is 0.458 e. The zero-order chi connectivity index (χ0) is 44.4. The van der Waals surface area contributed by atoms with Crippen LogP contribution in [-0.4, -0.2) is 129 Å². The van der Waals surface area contributed by atoms with Gasteiger partial charge in [-0.25, -0.2) is 0 Å². The third kappa shape index (κ3) is 9.40. The molecular weight excluding hydrogens is 799 g/mol. The second kappa shape index (κ2) is 18.9. The van der Waals surface area contributed by atoms with Gasteiger partial charge in [-0.2, -0.15) is 0 Å². The van der Waals surface area contributed by atoms with Crippen LogP contribution in [0.25, 0.3) is 10.7 Å². The summed E-state index contributed by atoms with van der Waals surface area (Å²) in [4.78, 5) is 73.1. The summed E-state index contributed by atoms with van der Waals surface area (Å²) in [5, 5.41) is 25.0. The molecule has 3 aliphatic heterocycles. The van der Waals surface area contributed by atoms with Crippen LogP contribution in [0.15, 0.2) is 23.7 Å². The number of methoxy groups -OCH3 is 1. The Morgan fingerprint density at radius 3 is 2.38 bits per heavy atom. The number of hydrogen-bond acceptors (Lipinski definition) is 18. The maximum atomic E-state index is 14.8. The summed E-state index contributed by atoms with van der Waals surface area (Å²) in [6.45, 7) is 15.2. The predicted molar refractivity (Wildman–Crippen MR) is 218 cm³/mol. The van der Waals surface area contributed by atoms with Gasteiger partial charge in [-0.1, -0.05) is 44.2 Å². The Morgan fingerprint density at radius 1 is 1.07 bits per heavy atom. The van der Waals surface area contributed by atoms with E-state index < -0.39 is 95.1 Å². The van der Waals surface area contributed by atoms with Crippen molar-refractivity contribution in [1.82, 2.24) is 25.1 Å². The highest BCUT2D eigenvalue weighted by molar-refractivity contribution is 7.14. The molecule has 5 rings (SSSR count). The summed E-state index contributed by atoms with van der Waals surface area (Å²) in [7, 11) is 5.16. The number of cyclic esters (lactones) is 1. The second-order valence-corrected chi connectivity index (χ2v) is 18.1. The van der Waals surface area contributed by atoms with Gasteiger partial charge in [-0.05, 0) is 68.0 Å². The third-order valence-corrected chi connectivity index (χ3v) is 13.7.